The molecule has 114 valence electrons. The molecule has 6 heteroatoms. The van der Waals surface area contributed by atoms with Gasteiger partial charge in [-0.25, -0.2) is 0 Å². The predicted molar refractivity (Wildman–Crippen MR) is 82.5 cm³/mol. The number of amides is 1. The van der Waals surface area contributed by atoms with Gasteiger partial charge >= 0.3 is 0 Å². The van der Waals surface area contributed by atoms with Gasteiger partial charge in [0.1, 0.15) is 13.2 Å². The zero-order valence-electron chi connectivity index (χ0n) is 11.9. The molecule has 0 aromatic heterocycles. The van der Waals surface area contributed by atoms with Gasteiger partial charge in [0.15, 0.2) is 11.5 Å². The molecular weight excluding hydrogens is 336 g/mol. The molecule has 1 aromatic rings. The van der Waals surface area contributed by atoms with Crippen molar-refractivity contribution < 1.29 is 14.3 Å². The standard InChI is InChI=1S/C15H19BrN2O3/c1-9(11-7-17-8-11)15(19)18-6-10-4-12(16)14-13(5-10)20-2-3-21-14/h4-5,9,11,17H,2-3,6-8H2,1H3,(H,18,19). The maximum Gasteiger partial charge on any atom is 0.223 e. The molecule has 1 atom stereocenters. The third-order valence-corrected chi connectivity index (χ3v) is 4.65. The molecule has 3 rings (SSSR count). The zero-order chi connectivity index (χ0) is 14.8. The average molecular weight is 355 g/mol. The van der Waals surface area contributed by atoms with Crippen LogP contribution in [0.5, 0.6) is 11.5 Å². The van der Waals surface area contributed by atoms with E-state index in [1.165, 1.54) is 0 Å². The zero-order valence-corrected chi connectivity index (χ0v) is 13.5. The molecule has 2 aliphatic heterocycles. The fraction of sp³-hybridized carbons (Fsp3) is 0.533. The fourth-order valence-corrected chi connectivity index (χ4v) is 3.10. The molecule has 21 heavy (non-hydrogen) atoms. The van der Waals surface area contributed by atoms with E-state index >= 15 is 0 Å². The number of hydrogen-bond donors (Lipinski definition) is 2. The van der Waals surface area contributed by atoms with Gasteiger partial charge in [-0.3, -0.25) is 4.79 Å². The molecule has 0 saturated carbocycles. The fourth-order valence-electron chi connectivity index (χ4n) is 2.50. The van der Waals surface area contributed by atoms with Gasteiger partial charge < -0.3 is 20.1 Å². The third-order valence-electron chi connectivity index (χ3n) is 4.06. The monoisotopic (exact) mass is 354 g/mol. The molecule has 5 nitrogen and oxygen atoms in total. The van der Waals surface area contributed by atoms with Gasteiger partial charge in [0.25, 0.3) is 0 Å². The van der Waals surface area contributed by atoms with E-state index in [9.17, 15) is 4.79 Å². The normalized spacial score (nSPS) is 18.8. The molecule has 1 saturated heterocycles. The summed E-state index contributed by atoms with van der Waals surface area (Å²) in [7, 11) is 0. The van der Waals surface area contributed by atoms with Crippen LogP contribution in [-0.2, 0) is 11.3 Å². The minimum Gasteiger partial charge on any atom is -0.486 e. The Morgan fingerprint density at radius 3 is 2.90 bits per heavy atom. The van der Waals surface area contributed by atoms with Crippen LogP contribution in [-0.4, -0.2) is 32.2 Å². The lowest BCUT2D eigenvalue weighted by atomic mass is 9.88. The summed E-state index contributed by atoms with van der Waals surface area (Å²) < 4.78 is 12.0. The van der Waals surface area contributed by atoms with Gasteiger partial charge in [-0.1, -0.05) is 6.92 Å². The Hall–Kier alpha value is -1.27. The second-order valence-corrected chi connectivity index (χ2v) is 6.38. The molecular formula is C15H19BrN2O3. The van der Waals surface area contributed by atoms with Crippen molar-refractivity contribution in [1.82, 2.24) is 10.6 Å². The Morgan fingerprint density at radius 2 is 2.19 bits per heavy atom. The molecule has 0 aliphatic carbocycles. The van der Waals surface area contributed by atoms with Crippen LogP contribution in [0.15, 0.2) is 16.6 Å². The Labute approximate surface area is 132 Å². The van der Waals surface area contributed by atoms with Crippen molar-refractivity contribution in [3.8, 4) is 11.5 Å². The van der Waals surface area contributed by atoms with Crippen LogP contribution in [0.1, 0.15) is 12.5 Å². The van der Waals surface area contributed by atoms with Gasteiger partial charge in [0.2, 0.25) is 5.91 Å². The molecule has 2 N–H and O–H groups in total. The van der Waals surface area contributed by atoms with E-state index < -0.39 is 0 Å². The molecule has 0 radical (unpaired) electrons. The summed E-state index contributed by atoms with van der Waals surface area (Å²) in [4.78, 5) is 12.1. The highest BCUT2D eigenvalue weighted by atomic mass is 79.9. The number of carbonyl (C=O) groups excluding carboxylic acids is 1. The van der Waals surface area contributed by atoms with Crippen molar-refractivity contribution in [3.05, 3.63) is 22.2 Å². The van der Waals surface area contributed by atoms with E-state index in [1.54, 1.807) is 0 Å². The lowest BCUT2D eigenvalue weighted by molar-refractivity contribution is -0.126. The maximum absolute atomic E-state index is 12.1. The second kappa shape index (κ2) is 6.23. The number of carbonyl (C=O) groups is 1. The highest BCUT2D eigenvalue weighted by molar-refractivity contribution is 9.10. The Morgan fingerprint density at radius 1 is 1.43 bits per heavy atom. The first kappa shape index (κ1) is 14.7. The van der Waals surface area contributed by atoms with Gasteiger partial charge in [-0.05, 0) is 52.6 Å². The smallest absolute Gasteiger partial charge is 0.223 e. The summed E-state index contributed by atoms with van der Waals surface area (Å²) in [6, 6.07) is 3.89. The van der Waals surface area contributed by atoms with Crippen molar-refractivity contribution in [2.45, 2.75) is 13.5 Å². The summed E-state index contributed by atoms with van der Waals surface area (Å²) >= 11 is 3.49. The van der Waals surface area contributed by atoms with E-state index in [2.05, 4.69) is 26.6 Å². The Bertz CT molecular complexity index is 546. The summed E-state index contributed by atoms with van der Waals surface area (Å²) in [6.45, 7) is 5.48. The molecule has 0 bridgehead atoms. The molecule has 1 unspecified atom stereocenters. The van der Waals surface area contributed by atoms with E-state index in [0.717, 1.165) is 34.6 Å². The van der Waals surface area contributed by atoms with E-state index in [1.807, 2.05) is 19.1 Å². The lowest BCUT2D eigenvalue weighted by Crippen LogP contribution is -2.49. The summed E-state index contributed by atoms with van der Waals surface area (Å²) in [5.74, 6) is 2.08. The number of fused-ring (bicyclic) bond motifs is 1. The van der Waals surface area contributed by atoms with Gasteiger partial charge in [0.05, 0.1) is 4.47 Å². The van der Waals surface area contributed by atoms with Crippen LogP contribution >= 0.6 is 15.9 Å². The first-order valence-corrected chi connectivity index (χ1v) is 8.01. The van der Waals surface area contributed by atoms with E-state index in [-0.39, 0.29) is 11.8 Å². The summed E-state index contributed by atoms with van der Waals surface area (Å²) in [5, 5.41) is 6.19. The minimum atomic E-state index is 0.0481. The summed E-state index contributed by atoms with van der Waals surface area (Å²) in [5.41, 5.74) is 0.999. The predicted octanol–water partition coefficient (Wildman–Crippen LogP) is 1.69. The van der Waals surface area contributed by atoms with Gasteiger partial charge in [0, 0.05) is 12.5 Å². The van der Waals surface area contributed by atoms with Gasteiger partial charge in [-0.15, -0.1) is 0 Å². The van der Waals surface area contributed by atoms with E-state index in [4.69, 9.17) is 9.47 Å². The van der Waals surface area contributed by atoms with Crippen molar-refractivity contribution in [2.24, 2.45) is 11.8 Å². The second-order valence-electron chi connectivity index (χ2n) is 5.53. The van der Waals surface area contributed by atoms with Crippen LogP contribution in [0.3, 0.4) is 0 Å². The van der Waals surface area contributed by atoms with Crippen LogP contribution in [0.2, 0.25) is 0 Å². The molecule has 1 fully saturated rings. The quantitative estimate of drug-likeness (QED) is 0.863. The van der Waals surface area contributed by atoms with Crippen LogP contribution in [0.25, 0.3) is 0 Å². The molecule has 1 amide bonds. The summed E-state index contributed by atoms with van der Waals surface area (Å²) in [6.07, 6.45) is 0. The molecule has 0 spiro atoms. The molecule has 1 aromatic carbocycles. The van der Waals surface area contributed by atoms with Crippen molar-refractivity contribution in [2.75, 3.05) is 26.3 Å². The first-order valence-electron chi connectivity index (χ1n) is 7.21. The van der Waals surface area contributed by atoms with Crippen molar-refractivity contribution >= 4 is 21.8 Å². The molecule has 2 heterocycles. The molecule has 2 aliphatic rings. The topological polar surface area (TPSA) is 59.6 Å². The van der Waals surface area contributed by atoms with Gasteiger partial charge in [-0.2, -0.15) is 0 Å². The highest BCUT2D eigenvalue weighted by Gasteiger charge is 2.28. The Balaban J connectivity index is 1.62. The number of benzene rings is 1. The largest absolute Gasteiger partial charge is 0.486 e. The lowest BCUT2D eigenvalue weighted by Gasteiger charge is -2.31. The number of rotatable bonds is 4. The van der Waals surface area contributed by atoms with Crippen LogP contribution < -0.4 is 20.1 Å². The number of nitrogens with one attached hydrogen (secondary N) is 2. The van der Waals surface area contributed by atoms with Crippen LogP contribution in [0, 0.1) is 11.8 Å². The van der Waals surface area contributed by atoms with Crippen LogP contribution in [0.4, 0.5) is 0 Å². The Kier molecular flexibility index (Phi) is 4.35. The maximum atomic E-state index is 12.1. The third kappa shape index (κ3) is 3.16. The van der Waals surface area contributed by atoms with Crippen molar-refractivity contribution in [1.29, 1.82) is 0 Å². The highest BCUT2D eigenvalue weighted by Crippen LogP contribution is 2.38. The SMILES string of the molecule is CC(C(=O)NCc1cc(Br)c2c(c1)OCCO2)C1CNC1. The number of ether oxygens (including phenoxy) is 2. The number of halogens is 1. The first-order chi connectivity index (χ1) is 10.1. The minimum absolute atomic E-state index is 0.0481. The average Bonchev–Trinajstić information content (AvgIpc) is 2.43. The van der Waals surface area contributed by atoms with E-state index in [0.29, 0.717) is 25.7 Å². The number of hydrogen-bond acceptors (Lipinski definition) is 4. The van der Waals surface area contributed by atoms with Crippen molar-refractivity contribution in [3.63, 3.8) is 0 Å².